The number of hydrogen-bond donors (Lipinski definition) is 1. The molecule has 1 N–H and O–H groups in total. The number of thiazole rings is 1. The maximum atomic E-state index is 5.45. The number of nitrogens with one attached hydrogen (secondary N) is 1. The Morgan fingerprint density at radius 2 is 2.19 bits per heavy atom. The molecule has 0 fully saturated rings. The van der Waals surface area contributed by atoms with Crippen LogP contribution < -0.4 is 10.1 Å². The summed E-state index contributed by atoms with van der Waals surface area (Å²) in [7, 11) is 1.69. The zero-order valence-corrected chi connectivity index (χ0v) is 14.0. The van der Waals surface area contributed by atoms with Crippen molar-refractivity contribution in [2.45, 2.75) is 39.7 Å². The molecule has 0 aliphatic heterocycles. The molecule has 0 spiro atoms. The molecule has 21 heavy (non-hydrogen) atoms. The van der Waals surface area contributed by atoms with Gasteiger partial charge in [-0.1, -0.05) is 6.92 Å². The average molecular weight is 305 g/mol. The van der Waals surface area contributed by atoms with E-state index in [1.54, 1.807) is 24.6 Å². The van der Waals surface area contributed by atoms with Crippen molar-refractivity contribution in [3.05, 3.63) is 39.6 Å². The number of methoxy groups -OCH3 is 1. The number of pyridine rings is 1. The fourth-order valence-corrected chi connectivity index (χ4v) is 3.24. The number of ether oxygens (including phenoxy) is 1. The highest BCUT2D eigenvalue weighted by Gasteiger charge is 2.18. The van der Waals surface area contributed by atoms with Gasteiger partial charge in [0.05, 0.1) is 24.0 Å². The Bertz CT molecular complexity index is 563. The zero-order valence-electron chi connectivity index (χ0n) is 13.1. The molecule has 0 aromatic carbocycles. The van der Waals surface area contributed by atoms with E-state index in [1.807, 2.05) is 12.3 Å². The van der Waals surface area contributed by atoms with Gasteiger partial charge in [0.1, 0.15) is 5.75 Å². The summed E-state index contributed by atoms with van der Waals surface area (Å²) >= 11 is 1.78. The predicted molar refractivity (Wildman–Crippen MR) is 87.1 cm³/mol. The zero-order chi connectivity index (χ0) is 15.2. The van der Waals surface area contributed by atoms with Crippen molar-refractivity contribution >= 4 is 11.3 Å². The Morgan fingerprint density at radius 1 is 1.38 bits per heavy atom. The smallest absolute Gasteiger partial charge is 0.141 e. The monoisotopic (exact) mass is 305 g/mol. The van der Waals surface area contributed by atoms with Crippen LogP contribution in [0.25, 0.3) is 0 Å². The Balaban J connectivity index is 2.25. The summed E-state index contributed by atoms with van der Waals surface area (Å²) < 4.78 is 5.45. The first-order chi connectivity index (χ1) is 10.2. The lowest BCUT2D eigenvalue weighted by Gasteiger charge is -2.20. The van der Waals surface area contributed by atoms with Crippen LogP contribution in [0.3, 0.4) is 0 Å². The van der Waals surface area contributed by atoms with Gasteiger partial charge < -0.3 is 10.1 Å². The van der Waals surface area contributed by atoms with E-state index in [-0.39, 0.29) is 6.04 Å². The van der Waals surface area contributed by atoms with Crippen molar-refractivity contribution in [1.82, 2.24) is 15.3 Å². The average Bonchev–Trinajstić information content (AvgIpc) is 2.81. The summed E-state index contributed by atoms with van der Waals surface area (Å²) in [5.41, 5.74) is 2.28. The highest BCUT2D eigenvalue weighted by Crippen LogP contribution is 2.28. The highest BCUT2D eigenvalue weighted by molar-refractivity contribution is 7.11. The maximum Gasteiger partial charge on any atom is 0.141 e. The van der Waals surface area contributed by atoms with E-state index in [4.69, 9.17) is 4.74 Å². The summed E-state index contributed by atoms with van der Waals surface area (Å²) in [6, 6.07) is 2.23. The second-order valence-corrected chi connectivity index (χ2v) is 6.37. The van der Waals surface area contributed by atoms with Crippen LogP contribution in [-0.4, -0.2) is 23.6 Å². The number of nitrogens with zero attached hydrogens (tertiary/aromatic N) is 2. The number of rotatable bonds is 7. The molecule has 0 aliphatic carbocycles. The normalized spacial score (nSPS) is 12.4. The molecule has 1 unspecified atom stereocenters. The van der Waals surface area contributed by atoms with E-state index in [2.05, 4.69) is 36.1 Å². The Morgan fingerprint density at radius 3 is 2.81 bits per heavy atom. The lowest BCUT2D eigenvalue weighted by molar-refractivity contribution is 0.396. The molecule has 2 aromatic heterocycles. The first kappa shape index (κ1) is 15.9. The molecule has 0 radical (unpaired) electrons. The van der Waals surface area contributed by atoms with Crippen molar-refractivity contribution in [2.24, 2.45) is 0 Å². The van der Waals surface area contributed by atoms with Gasteiger partial charge in [-0.2, -0.15) is 0 Å². The minimum Gasteiger partial charge on any atom is -0.495 e. The number of hydrogen-bond acceptors (Lipinski definition) is 5. The second kappa shape index (κ2) is 7.52. The molecule has 114 valence electrons. The molecule has 0 aliphatic rings. The van der Waals surface area contributed by atoms with Gasteiger partial charge in [-0.25, -0.2) is 4.98 Å². The van der Waals surface area contributed by atoms with Crippen LogP contribution in [0.1, 0.15) is 40.5 Å². The lowest BCUT2D eigenvalue weighted by Crippen LogP contribution is -2.24. The van der Waals surface area contributed by atoms with E-state index >= 15 is 0 Å². The van der Waals surface area contributed by atoms with Gasteiger partial charge in [-0.15, -0.1) is 11.3 Å². The van der Waals surface area contributed by atoms with Crippen molar-refractivity contribution in [1.29, 1.82) is 0 Å². The van der Waals surface area contributed by atoms with Crippen LogP contribution in [0.2, 0.25) is 0 Å². The van der Waals surface area contributed by atoms with Crippen LogP contribution in [0.5, 0.6) is 5.75 Å². The second-order valence-electron chi connectivity index (χ2n) is 5.08. The fraction of sp³-hybridized carbons (Fsp3) is 0.500. The van der Waals surface area contributed by atoms with Gasteiger partial charge in [0.25, 0.3) is 0 Å². The van der Waals surface area contributed by atoms with Crippen molar-refractivity contribution in [3.63, 3.8) is 0 Å². The molecule has 5 heteroatoms. The Hall–Kier alpha value is -1.46. The number of aryl methyl sites for hydroxylation is 2. The number of aromatic nitrogens is 2. The Labute approximate surface area is 130 Å². The molecule has 0 bridgehead atoms. The van der Waals surface area contributed by atoms with Gasteiger partial charge in [0.2, 0.25) is 0 Å². The van der Waals surface area contributed by atoms with Gasteiger partial charge in [-0.05, 0) is 32.9 Å². The van der Waals surface area contributed by atoms with E-state index in [0.717, 1.165) is 41.4 Å². The van der Waals surface area contributed by atoms with Crippen LogP contribution in [-0.2, 0) is 6.42 Å². The van der Waals surface area contributed by atoms with Crippen LogP contribution in [0.15, 0.2) is 18.5 Å². The Kier molecular flexibility index (Phi) is 5.70. The molecule has 2 heterocycles. The molecule has 0 amide bonds. The summed E-state index contributed by atoms with van der Waals surface area (Å²) in [6.45, 7) is 7.33. The van der Waals surface area contributed by atoms with E-state index in [9.17, 15) is 0 Å². The van der Waals surface area contributed by atoms with E-state index in [0.29, 0.717) is 0 Å². The quantitative estimate of drug-likeness (QED) is 0.851. The molecule has 2 aromatic rings. The molecule has 4 nitrogen and oxygen atoms in total. The summed E-state index contributed by atoms with van der Waals surface area (Å²) in [5.74, 6) is 0.830. The third kappa shape index (κ3) is 4.02. The first-order valence-electron chi connectivity index (χ1n) is 7.29. The van der Waals surface area contributed by atoms with E-state index in [1.165, 1.54) is 4.88 Å². The van der Waals surface area contributed by atoms with Gasteiger partial charge >= 0.3 is 0 Å². The topological polar surface area (TPSA) is 47.0 Å². The third-order valence-corrected chi connectivity index (χ3v) is 4.60. The van der Waals surface area contributed by atoms with Crippen molar-refractivity contribution in [3.8, 4) is 5.75 Å². The SMILES string of the molecule is CCCNC(Cc1nc(C)c(C)s1)c1ccncc1OC. The maximum absolute atomic E-state index is 5.45. The molecule has 0 saturated carbocycles. The third-order valence-electron chi connectivity index (χ3n) is 3.50. The van der Waals surface area contributed by atoms with Crippen LogP contribution in [0.4, 0.5) is 0 Å². The molecular formula is C16H23N3OS. The predicted octanol–water partition coefficient (Wildman–Crippen LogP) is 3.45. The largest absolute Gasteiger partial charge is 0.495 e. The first-order valence-corrected chi connectivity index (χ1v) is 8.11. The summed E-state index contributed by atoms with van der Waals surface area (Å²) in [4.78, 5) is 10.1. The fourth-order valence-electron chi connectivity index (χ4n) is 2.26. The van der Waals surface area contributed by atoms with Gasteiger partial charge in [0.15, 0.2) is 0 Å². The molecular weight excluding hydrogens is 282 g/mol. The summed E-state index contributed by atoms with van der Waals surface area (Å²) in [5, 5.41) is 4.76. The van der Waals surface area contributed by atoms with E-state index < -0.39 is 0 Å². The van der Waals surface area contributed by atoms with Crippen molar-refractivity contribution < 1.29 is 4.74 Å². The summed E-state index contributed by atoms with van der Waals surface area (Å²) in [6.07, 6.45) is 5.56. The van der Waals surface area contributed by atoms with Gasteiger partial charge in [-0.3, -0.25) is 4.98 Å². The van der Waals surface area contributed by atoms with Crippen LogP contribution >= 0.6 is 11.3 Å². The molecule has 0 saturated heterocycles. The standard InChI is InChI=1S/C16H23N3OS/c1-5-7-18-14(9-16-19-11(2)12(3)21-16)13-6-8-17-10-15(13)20-4/h6,8,10,14,18H,5,7,9H2,1-4H3. The van der Waals surface area contributed by atoms with Crippen molar-refractivity contribution in [2.75, 3.05) is 13.7 Å². The lowest BCUT2D eigenvalue weighted by atomic mass is 10.0. The van der Waals surface area contributed by atoms with Gasteiger partial charge in [0, 0.05) is 29.1 Å². The van der Waals surface area contributed by atoms with Crippen LogP contribution in [0, 0.1) is 13.8 Å². The minimum absolute atomic E-state index is 0.202. The highest BCUT2D eigenvalue weighted by atomic mass is 32.1. The molecule has 1 atom stereocenters. The minimum atomic E-state index is 0.202. The molecule has 2 rings (SSSR count).